The predicted molar refractivity (Wildman–Crippen MR) is 113 cm³/mol. The summed E-state index contributed by atoms with van der Waals surface area (Å²) in [5.41, 5.74) is 1.34. The molecule has 0 aliphatic carbocycles. The minimum Gasteiger partial charge on any atom is -0.491 e. The van der Waals surface area contributed by atoms with Crippen LogP contribution in [-0.2, 0) is 11.3 Å². The topological polar surface area (TPSA) is 24.9 Å². The Morgan fingerprint density at radius 1 is 0.964 bits per heavy atom. The number of ether oxygens (including phenoxy) is 2. The van der Waals surface area contributed by atoms with Gasteiger partial charge in [-0.1, -0.05) is 41.9 Å². The van der Waals surface area contributed by atoms with Gasteiger partial charge in [-0.05, 0) is 55.8 Å². The van der Waals surface area contributed by atoms with E-state index in [0.29, 0.717) is 12.6 Å². The van der Waals surface area contributed by atoms with E-state index in [-0.39, 0.29) is 6.10 Å². The van der Waals surface area contributed by atoms with Crippen molar-refractivity contribution in [3.05, 3.63) is 65.2 Å². The Morgan fingerprint density at radius 2 is 1.71 bits per heavy atom. The molecule has 4 nitrogen and oxygen atoms in total. The van der Waals surface area contributed by atoms with Gasteiger partial charge in [0.25, 0.3) is 0 Å². The van der Waals surface area contributed by atoms with Crippen molar-refractivity contribution in [1.29, 1.82) is 0 Å². The number of rotatable bonds is 6. The van der Waals surface area contributed by atoms with Gasteiger partial charge in [0.15, 0.2) is 0 Å². The number of benzene rings is 2. The van der Waals surface area contributed by atoms with E-state index in [4.69, 9.17) is 21.1 Å². The van der Waals surface area contributed by atoms with Crippen molar-refractivity contribution in [1.82, 2.24) is 9.80 Å². The summed E-state index contributed by atoms with van der Waals surface area (Å²) >= 11 is 5.99. The molecule has 2 saturated heterocycles. The molecule has 1 unspecified atom stereocenters. The molecule has 1 atom stereocenters. The molecule has 0 radical (unpaired) electrons. The highest BCUT2D eigenvalue weighted by Crippen LogP contribution is 2.22. The van der Waals surface area contributed by atoms with Gasteiger partial charge in [0.1, 0.15) is 18.5 Å². The van der Waals surface area contributed by atoms with E-state index in [1.165, 1.54) is 18.4 Å². The molecular formula is C23H29ClN2O2. The number of para-hydroxylation sites is 1. The first-order valence-electron chi connectivity index (χ1n) is 10.3. The summed E-state index contributed by atoms with van der Waals surface area (Å²) in [6, 6.07) is 18.9. The summed E-state index contributed by atoms with van der Waals surface area (Å²) in [6.45, 7) is 6.73. The number of morpholine rings is 1. The lowest BCUT2D eigenvalue weighted by molar-refractivity contribution is -0.0674. The molecule has 2 aromatic rings. The Labute approximate surface area is 173 Å². The molecule has 0 aromatic heterocycles. The fraction of sp³-hybridized carbons (Fsp3) is 0.478. The monoisotopic (exact) mass is 400 g/mol. The summed E-state index contributed by atoms with van der Waals surface area (Å²) < 4.78 is 11.8. The number of nitrogens with zero attached hydrogens (tertiary/aromatic N) is 2. The number of hydrogen-bond donors (Lipinski definition) is 0. The van der Waals surface area contributed by atoms with Gasteiger partial charge < -0.3 is 9.47 Å². The fourth-order valence-electron chi connectivity index (χ4n) is 4.17. The minimum absolute atomic E-state index is 0.154. The molecule has 0 bridgehead atoms. The molecule has 2 fully saturated rings. The first-order chi connectivity index (χ1) is 13.8. The zero-order valence-electron chi connectivity index (χ0n) is 16.3. The van der Waals surface area contributed by atoms with E-state index in [1.54, 1.807) is 0 Å². The van der Waals surface area contributed by atoms with Crippen molar-refractivity contribution in [3.8, 4) is 5.75 Å². The van der Waals surface area contributed by atoms with E-state index >= 15 is 0 Å². The Bertz CT molecular complexity index is 717. The van der Waals surface area contributed by atoms with Crippen LogP contribution in [0, 0.1) is 0 Å². The van der Waals surface area contributed by atoms with Gasteiger partial charge in [0.05, 0.1) is 6.61 Å². The number of piperidine rings is 1. The van der Waals surface area contributed by atoms with Crippen molar-refractivity contribution in [3.63, 3.8) is 0 Å². The minimum atomic E-state index is 0.154. The van der Waals surface area contributed by atoms with Crippen LogP contribution in [-0.4, -0.2) is 61.3 Å². The number of halogens is 1. The highest BCUT2D eigenvalue weighted by Gasteiger charge is 2.29. The molecular weight excluding hydrogens is 372 g/mol. The van der Waals surface area contributed by atoms with Crippen LogP contribution in [0.3, 0.4) is 0 Å². The second kappa shape index (κ2) is 9.75. The van der Waals surface area contributed by atoms with E-state index in [9.17, 15) is 0 Å². The van der Waals surface area contributed by atoms with Gasteiger partial charge in [0, 0.05) is 30.7 Å². The third kappa shape index (κ3) is 5.48. The van der Waals surface area contributed by atoms with E-state index in [1.807, 2.05) is 42.5 Å². The highest BCUT2D eigenvalue weighted by molar-refractivity contribution is 6.30. The van der Waals surface area contributed by atoms with E-state index in [0.717, 1.165) is 50.1 Å². The molecule has 0 amide bonds. The quantitative estimate of drug-likeness (QED) is 0.729. The summed E-state index contributed by atoms with van der Waals surface area (Å²) in [6.07, 6.45) is 2.60. The molecule has 2 aromatic carbocycles. The van der Waals surface area contributed by atoms with Gasteiger partial charge in [-0.3, -0.25) is 9.80 Å². The lowest BCUT2D eigenvalue weighted by atomic mass is 10.0. The summed E-state index contributed by atoms with van der Waals surface area (Å²) in [7, 11) is 0. The Morgan fingerprint density at radius 3 is 2.46 bits per heavy atom. The molecule has 0 spiro atoms. The second-order valence-corrected chi connectivity index (χ2v) is 8.18. The fourth-order valence-corrected chi connectivity index (χ4v) is 4.30. The van der Waals surface area contributed by atoms with Crippen molar-refractivity contribution < 1.29 is 9.47 Å². The number of likely N-dealkylation sites (tertiary alicyclic amines) is 1. The van der Waals surface area contributed by atoms with Crippen molar-refractivity contribution in [2.45, 2.75) is 31.5 Å². The van der Waals surface area contributed by atoms with Crippen LogP contribution in [0.25, 0.3) is 0 Å². The van der Waals surface area contributed by atoms with Gasteiger partial charge in [-0.15, -0.1) is 0 Å². The van der Waals surface area contributed by atoms with E-state index < -0.39 is 0 Å². The maximum atomic E-state index is 5.99. The third-order valence-corrected chi connectivity index (χ3v) is 5.99. The Kier molecular flexibility index (Phi) is 6.86. The SMILES string of the molecule is Clc1ccc(CN2CCC(N3CCOC(COc4ccccc4)C3)CC2)cc1. The summed E-state index contributed by atoms with van der Waals surface area (Å²) in [5, 5.41) is 0.806. The lowest BCUT2D eigenvalue weighted by Crippen LogP contribution is -2.52. The average Bonchev–Trinajstić information content (AvgIpc) is 2.75. The maximum Gasteiger partial charge on any atom is 0.119 e. The first-order valence-corrected chi connectivity index (χ1v) is 10.6. The largest absolute Gasteiger partial charge is 0.491 e. The van der Waals surface area contributed by atoms with Crippen LogP contribution in [0.1, 0.15) is 18.4 Å². The molecule has 4 rings (SSSR count). The predicted octanol–water partition coefficient (Wildman–Crippen LogP) is 4.08. The molecule has 2 aliphatic rings. The lowest BCUT2D eigenvalue weighted by Gasteiger charge is -2.42. The van der Waals surface area contributed by atoms with Gasteiger partial charge in [-0.2, -0.15) is 0 Å². The zero-order valence-corrected chi connectivity index (χ0v) is 17.1. The van der Waals surface area contributed by atoms with Crippen LogP contribution in [0.4, 0.5) is 0 Å². The molecule has 28 heavy (non-hydrogen) atoms. The van der Waals surface area contributed by atoms with E-state index in [2.05, 4.69) is 21.9 Å². The summed E-state index contributed by atoms with van der Waals surface area (Å²) in [5.74, 6) is 0.915. The van der Waals surface area contributed by atoms with Gasteiger partial charge in [-0.25, -0.2) is 0 Å². The highest BCUT2D eigenvalue weighted by atomic mass is 35.5. The second-order valence-electron chi connectivity index (χ2n) is 7.75. The van der Waals surface area contributed by atoms with Crippen LogP contribution in [0.2, 0.25) is 5.02 Å². The number of hydrogen-bond acceptors (Lipinski definition) is 4. The van der Waals surface area contributed by atoms with Crippen molar-refractivity contribution >= 4 is 11.6 Å². The smallest absolute Gasteiger partial charge is 0.119 e. The van der Waals surface area contributed by atoms with Gasteiger partial charge >= 0.3 is 0 Å². The van der Waals surface area contributed by atoms with Crippen LogP contribution in [0.15, 0.2) is 54.6 Å². The average molecular weight is 401 g/mol. The first kappa shape index (κ1) is 19.7. The Hall–Kier alpha value is -1.59. The van der Waals surface area contributed by atoms with Crippen LogP contribution < -0.4 is 4.74 Å². The molecule has 0 N–H and O–H groups in total. The van der Waals surface area contributed by atoms with Crippen molar-refractivity contribution in [2.24, 2.45) is 0 Å². The van der Waals surface area contributed by atoms with Crippen LogP contribution in [0.5, 0.6) is 5.75 Å². The zero-order chi connectivity index (χ0) is 19.2. The summed E-state index contributed by atoms with van der Waals surface area (Å²) in [4.78, 5) is 5.17. The molecule has 0 saturated carbocycles. The van der Waals surface area contributed by atoms with Crippen molar-refractivity contribution in [2.75, 3.05) is 39.4 Å². The molecule has 5 heteroatoms. The third-order valence-electron chi connectivity index (χ3n) is 5.74. The van der Waals surface area contributed by atoms with Gasteiger partial charge in [0.2, 0.25) is 0 Å². The van der Waals surface area contributed by atoms with Crippen LogP contribution >= 0.6 is 11.6 Å². The normalized spacial score (nSPS) is 22.2. The standard InChI is InChI=1S/C23H29ClN2O2/c24-20-8-6-19(7-9-20)16-25-12-10-21(11-13-25)26-14-15-27-23(17-26)18-28-22-4-2-1-3-5-22/h1-9,21,23H,10-18H2. The molecule has 150 valence electrons. The maximum absolute atomic E-state index is 5.99. The molecule has 2 aliphatic heterocycles. The Balaban J connectivity index is 1.22. The molecule has 2 heterocycles.